The van der Waals surface area contributed by atoms with Crippen molar-refractivity contribution in [1.82, 2.24) is 0 Å². The predicted octanol–water partition coefficient (Wildman–Crippen LogP) is 2.20. The molecule has 0 unspecified atom stereocenters. The first-order chi connectivity index (χ1) is 17.0. The molecular weight excluding hydrogens is 464 g/mol. The Morgan fingerprint density at radius 1 is 1.19 bits per heavy atom. The van der Waals surface area contributed by atoms with Gasteiger partial charge in [-0.3, -0.25) is 9.59 Å². The lowest BCUT2D eigenvalue weighted by Crippen LogP contribution is -2.64. The SMILES string of the molecule is CCOC(CO[C@@H]1C[C@H]2[C@@H]3C[C@H](C)C4=CC(=O)C=C[C@]4(C)[C@H]3[C@@H](O)C[C@]2(C)[C@@]1(O)C(=O)CO)OCC. The number of rotatable bonds is 9. The fraction of sp³-hybridized carbons (Fsp3) is 0.786. The second-order valence-electron chi connectivity index (χ2n) is 11.5. The van der Waals surface area contributed by atoms with Crippen molar-refractivity contribution >= 4 is 11.6 Å². The van der Waals surface area contributed by atoms with E-state index in [1.165, 1.54) is 0 Å². The highest BCUT2D eigenvalue weighted by atomic mass is 16.7. The highest BCUT2D eigenvalue weighted by Crippen LogP contribution is 2.68. The number of allylic oxidation sites excluding steroid dienone is 4. The number of carbonyl (C=O) groups excluding carboxylic acids is 2. The molecule has 4 rings (SSSR count). The number of ketones is 2. The molecule has 4 aliphatic rings. The molecule has 0 aromatic heterocycles. The van der Waals surface area contributed by atoms with E-state index in [1.54, 1.807) is 12.2 Å². The normalized spacial score (nSPS) is 43.7. The molecule has 8 nitrogen and oxygen atoms in total. The quantitative estimate of drug-likeness (QED) is 0.407. The summed E-state index contributed by atoms with van der Waals surface area (Å²) < 4.78 is 17.4. The Labute approximate surface area is 213 Å². The van der Waals surface area contributed by atoms with Crippen LogP contribution in [0.1, 0.15) is 53.9 Å². The van der Waals surface area contributed by atoms with Gasteiger partial charge in [-0.15, -0.1) is 0 Å². The third kappa shape index (κ3) is 4.05. The van der Waals surface area contributed by atoms with Gasteiger partial charge in [-0.1, -0.05) is 32.4 Å². The highest BCUT2D eigenvalue weighted by molar-refractivity contribution is 6.01. The molecular formula is C28H42O8. The first-order valence-electron chi connectivity index (χ1n) is 13.3. The van der Waals surface area contributed by atoms with Gasteiger partial charge in [0, 0.05) is 30.0 Å². The van der Waals surface area contributed by atoms with Gasteiger partial charge < -0.3 is 29.5 Å². The van der Waals surface area contributed by atoms with E-state index in [0.717, 1.165) is 12.0 Å². The summed E-state index contributed by atoms with van der Waals surface area (Å²) in [6, 6.07) is 0. The number of aliphatic hydroxyl groups is 3. The van der Waals surface area contributed by atoms with Gasteiger partial charge in [-0.25, -0.2) is 0 Å². The topological polar surface area (TPSA) is 123 Å². The van der Waals surface area contributed by atoms with E-state index in [0.29, 0.717) is 19.6 Å². The van der Waals surface area contributed by atoms with Crippen LogP contribution in [0, 0.1) is 34.5 Å². The van der Waals surface area contributed by atoms with Crippen molar-refractivity contribution in [2.24, 2.45) is 34.5 Å². The van der Waals surface area contributed by atoms with Crippen LogP contribution >= 0.6 is 0 Å². The maximum atomic E-state index is 13.2. The molecule has 3 fully saturated rings. The van der Waals surface area contributed by atoms with E-state index in [1.807, 2.05) is 26.8 Å². The molecule has 0 heterocycles. The molecule has 3 saturated carbocycles. The monoisotopic (exact) mass is 506 g/mol. The highest BCUT2D eigenvalue weighted by Gasteiger charge is 2.72. The Morgan fingerprint density at radius 2 is 1.86 bits per heavy atom. The summed E-state index contributed by atoms with van der Waals surface area (Å²) in [7, 11) is 0. The van der Waals surface area contributed by atoms with E-state index in [-0.39, 0.29) is 42.5 Å². The summed E-state index contributed by atoms with van der Waals surface area (Å²) in [6.07, 6.45) is 4.29. The van der Waals surface area contributed by atoms with Crippen LogP contribution in [0.5, 0.6) is 0 Å². The smallest absolute Gasteiger partial charge is 0.192 e. The number of fused-ring (bicyclic) bond motifs is 5. The minimum atomic E-state index is -1.96. The van der Waals surface area contributed by atoms with E-state index < -0.39 is 47.3 Å². The van der Waals surface area contributed by atoms with Gasteiger partial charge in [0.1, 0.15) is 6.61 Å². The Hall–Kier alpha value is -1.42. The van der Waals surface area contributed by atoms with Crippen LogP contribution in [-0.2, 0) is 23.8 Å². The van der Waals surface area contributed by atoms with Gasteiger partial charge >= 0.3 is 0 Å². The fourth-order valence-electron chi connectivity index (χ4n) is 8.26. The molecule has 0 aliphatic heterocycles. The largest absolute Gasteiger partial charge is 0.393 e. The molecule has 4 aliphatic carbocycles. The Bertz CT molecular complexity index is 923. The molecule has 0 spiro atoms. The van der Waals surface area contributed by atoms with Crippen molar-refractivity contribution in [3.8, 4) is 0 Å². The molecule has 3 N–H and O–H groups in total. The van der Waals surface area contributed by atoms with Gasteiger partial charge in [-0.2, -0.15) is 0 Å². The molecule has 0 aromatic rings. The van der Waals surface area contributed by atoms with Crippen LogP contribution in [0.4, 0.5) is 0 Å². The number of ether oxygens (including phenoxy) is 3. The lowest BCUT2D eigenvalue weighted by atomic mass is 9.45. The molecule has 0 amide bonds. The van der Waals surface area contributed by atoms with Crippen molar-refractivity contribution in [1.29, 1.82) is 0 Å². The van der Waals surface area contributed by atoms with Gasteiger partial charge in [0.05, 0.1) is 18.8 Å². The first kappa shape index (κ1) is 27.6. The van der Waals surface area contributed by atoms with E-state index in [9.17, 15) is 24.9 Å². The van der Waals surface area contributed by atoms with Crippen LogP contribution in [0.3, 0.4) is 0 Å². The van der Waals surface area contributed by atoms with Gasteiger partial charge in [0.2, 0.25) is 0 Å². The van der Waals surface area contributed by atoms with Crippen molar-refractivity contribution in [2.75, 3.05) is 26.4 Å². The third-order valence-corrected chi connectivity index (χ3v) is 9.72. The number of hydrogen-bond donors (Lipinski definition) is 3. The summed E-state index contributed by atoms with van der Waals surface area (Å²) in [5.41, 5.74) is -2.39. The first-order valence-corrected chi connectivity index (χ1v) is 13.3. The molecule has 0 saturated heterocycles. The molecule has 0 radical (unpaired) electrons. The van der Waals surface area contributed by atoms with E-state index in [4.69, 9.17) is 14.2 Å². The molecule has 8 heteroatoms. The van der Waals surface area contributed by atoms with Gasteiger partial charge in [-0.05, 0) is 63.0 Å². The standard InChI is InChI=1S/C28H42O8/c1-6-34-24(35-7-2)15-36-23-12-20-18-10-16(3)19-11-17(30)8-9-26(19,4)25(18)21(31)13-27(20,5)28(23,33)22(32)14-29/h8-9,11,16,18,20-21,23-25,29,31,33H,6-7,10,12-15H2,1-5H3/t16-,18-,20-,21-,23+,25+,26-,27-,28+/m0/s1. The Morgan fingerprint density at radius 3 is 2.47 bits per heavy atom. The maximum Gasteiger partial charge on any atom is 0.192 e. The number of aliphatic hydroxyl groups excluding tert-OH is 2. The van der Waals surface area contributed by atoms with Gasteiger partial charge in [0.25, 0.3) is 0 Å². The lowest BCUT2D eigenvalue weighted by Gasteiger charge is -2.60. The van der Waals surface area contributed by atoms with Crippen LogP contribution in [0.15, 0.2) is 23.8 Å². The molecule has 202 valence electrons. The van der Waals surface area contributed by atoms with Crippen LogP contribution < -0.4 is 0 Å². The maximum absolute atomic E-state index is 13.2. The van der Waals surface area contributed by atoms with Gasteiger partial charge in [0.15, 0.2) is 23.5 Å². The molecule has 9 atom stereocenters. The minimum absolute atomic E-state index is 0.00468. The summed E-state index contributed by atoms with van der Waals surface area (Å²) in [6.45, 7) is 9.84. The summed E-state index contributed by atoms with van der Waals surface area (Å²) in [5, 5.41) is 33.5. The van der Waals surface area contributed by atoms with Crippen molar-refractivity contribution in [3.05, 3.63) is 23.8 Å². The summed E-state index contributed by atoms with van der Waals surface area (Å²) in [5.74, 6) is -0.892. The predicted molar refractivity (Wildman–Crippen MR) is 132 cm³/mol. The zero-order valence-electron chi connectivity index (χ0n) is 22.1. The van der Waals surface area contributed by atoms with Crippen molar-refractivity contribution in [3.63, 3.8) is 0 Å². The Balaban J connectivity index is 1.71. The van der Waals surface area contributed by atoms with Crippen molar-refractivity contribution < 1.29 is 39.1 Å². The average Bonchev–Trinajstić information content (AvgIpc) is 3.05. The fourth-order valence-corrected chi connectivity index (χ4v) is 8.26. The zero-order valence-corrected chi connectivity index (χ0v) is 22.1. The van der Waals surface area contributed by atoms with E-state index in [2.05, 4.69) is 13.8 Å². The second kappa shape index (κ2) is 10.0. The molecule has 0 aromatic carbocycles. The summed E-state index contributed by atoms with van der Waals surface area (Å²) in [4.78, 5) is 25.4. The summed E-state index contributed by atoms with van der Waals surface area (Å²) >= 11 is 0. The van der Waals surface area contributed by atoms with Crippen molar-refractivity contribution in [2.45, 2.75) is 78.0 Å². The Kier molecular flexibility index (Phi) is 7.70. The van der Waals surface area contributed by atoms with Crippen LogP contribution in [0.2, 0.25) is 0 Å². The minimum Gasteiger partial charge on any atom is -0.393 e. The van der Waals surface area contributed by atoms with E-state index >= 15 is 0 Å². The number of Topliss-reactive ketones (excluding diaryl/α,β-unsaturated/α-hetero) is 1. The van der Waals surface area contributed by atoms with Crippen LogP contribution in [-0.4, -0.2) is 77.4 Å². The second-order valence-corrected chi connectivity index (χ2v) is 11.5. The van der Waals surface area contributed by atoms with Crippen LogP contribution in [0.25, 0.3) is 0 Å². The molecule has 0 bridgehead atoms. The lowest BCUT2D eigenvalue weighted by molar-refractivity contribution is -0.214. The zero-order chi connectivity index (χ0) is 26.5. The number of carbonyl (C=O) groups is 2. The molecule has 36 heavy (non-hydrogen) atoms. The average molecular weight is 507 g/mol. The number of hydrogen-bond acceptors (Lipinski definition) is 8. The third-order valence-electron chi connectivity index (χ3n) is 9.72.